The molecule has 0 saturated carbocycles. The summed E-state index contributed by atoms with van der Waals surface area (Å²) in [4.78, 5) is 11.0. The molecule has 3 aliphatic heterocycles. The van der Waals surface area contributed by atoms with Crippen LogP contribution in [0.4, 0.5) is 11.4 Å². The number of nitrogens with zero attached hydrogens (tertiary/aromatic N) is 4. The lowest BCUT2D eigenvalue weighted by Crippen LogP contribution is -2.34. The number of aliphatic imine (C=N–C) groups is 2. The summed E-state index contributed by atoms with van der Waals surface area (Å²) < 4.78 is 3.30. The molecule has 3 aliphatic rings. The molecule has 8 heteroatoms. The smallest absolute Gasteiger partial charge is 0.182 e. The highest BCUT2D eigenvalue weighted by Gasteiger charge is 2.21. The van der Waals surface area contributed by atoms with Gasteiger partial charge in [0.25, 0.3) is 0 Å². The molecule has 0 unspecified atom stereocenters. The normalized spacial score (nSPS) is 19.5. The van der Waals surface area contributed by atoms with Crippen LogP contribution in [0.25, 0.3) is 6.08 Å². The van der Waals surface area contributed by atoms with Crippen LogP contribution < -0.4 is 15.4 Å². The highest BCUT2D eigenvalue weighted by atomic mass is 32.2. The van der Waals surface area contributed by atoms with Crippen molar-refractivity contribution in [2.45, 2.75) is 38.5 Å². The van der Waals surface area contributed by atoms with E-state index >= 15 is 0 Å². The Kier molecular flexibility index (Phi) is 9.25. The molecule has 0 atom stereocenters. The molecule has 166 valence electrons. The van der Waals surface area contributed by atoms with Crippen molar-refractivity contribution >= 4 is 40.9 Å². The number of nitrogens with one attached hydrogen (secondary N) is 1. The predicted octanol–water partition coefficient (Wildman–Crippen LogP) is 3.82. The molecule has 1 fully saturated rings. The number of aliphatic hydroxyl groups is 1. The van der Waals surface area contributed by atoms with E-state index < -0.39 is 0 Å². The third-order valence-electron chi connectivity index (χ3n) is 5.73. The van der Waals surface area contributed by atoms with Gasteiger partial charge in [0.05, 0.1) is 6.61 Å². The molecule has 1 aromatic rings. The van der Waals surface area contributed by atoms with Gasteiger partial charge < -0.3 is 20.5 Å². The summed E-state index contributed by atoms with van der Waals surface area (Å²) in [6.07, 6.45) is 10.6. The monoisotopic (exact) mass is 440 g/mol. The van der Waals surface area contributed by atoms with Crippen molar-refractivity contribution in [1.29, 1.82) is 5.26 Å². The third-order valence-corrected chi connectivity index (χ3v) is 6.49. The lowest BCUT2D eigenvalue weighted by Gasteiger charge is -2.35. The Hall–Kier alpha value is -2.50. The molecule has 0 aromatic heterocycles. The van der Waals surface area contributed by atoms with E-state index in [1.807, 2.05) is 12.1 Å². The van der Waals surface area contributed by atoms with Gasteiger partial charge in [0.1, 0.15) is 6.07 Å². The topological polar surface area (TPSA) is 110 Å². The maximum atomic E-state index is 9.39. The summed E-state index contributed by atoms with van der Waals surface area (Å²) in [5, 5.41) is 18.4. The molecule has 0 spiro atoms. The lowest BCUT2D eigenvalue weighted by molar-refractivity contribution is 0.322. The molecule has 0 amide bonds. The Balaban J connectivity index is 1.89. The van der Waals surface area contributed by atoms with Gasteiger partial charge in [-0.3, -0.25) is 4.99 Å². The Morgan fingerprint density at radius 1 is 1.23 bits per heavy atom. The standard InChI is InChI=1S/C23H32N6OS/c24-17-21-23(25)27-10-3-1-2-4-18-8-12-29(13-9-18)22-16-20(28-31-15-14-30)6-5-19(22)7-11-26-21/h5-7,11,16,18,28,30H,1-4,8-10,12-15H2,(H2,25,27)/b11-7+,26-21?. The highest BCUT2D eigenvalue weighted by Crippen LogP contribution is 2.32. The van der Waals surface area contributed by atoms with Crippen LogP contribution in [0, 0.1) is 17.2 Å². The summed E-state index contributed by atoms with van der Waals surface area (Å²) in [5.41, 5.74) is 9.35. The lowest BCUT2D eigenvalue weighted by atomic mass is 9.90. The number of fused-ring (bicyclic) bond motifs is 9. The van der Waals surface area contributed by atoms with Gasteiger partial charge in [0, 0.05) is 43.0 Å². The summed E-state index contributed by atoms with van der Waals surface area (Å²) in [6.45, 7) is 2.87. The molecular formula is C23H32N6OS. The first kappa shape index (κ1) is 23.2. The average Bonchev–Trinajstić information content (AvgIpc) is 2.80. The van der Waals surface area contributed by atoms with E-state index in [4.69, 9.17) is 10.8 Å². The molecule has 4 N–H and O–H groups in total. The van der Waals surface area contributed by atoms with E-state index in [0.29, 0.717) is 12.3 Å². The van der Waals surface area contributed by atoms with E-state index in [1.165, 1.54) is 37.6 Å². The number of benzene rings is 1. The van der Waals surface area contributed by atoms with Crippen molar-refractivity contribution in [3.8, 4) is 6.07 Å². The molecule has 1 aromatic carbocycles. The number of hydrogen-bond donors (Lipinski definition) is 3. The minimum atomic E-state index is 0.143. The predicted molar refractivity (Wildman–Crippen MR) is 132 cm³/mol. The number of nitriles is 1. The molecule has 4 rings (SSSR count). The van der Waals surface area contributed by atoms with Crippen LogP contribution in [0.1, 0.15) is 44.1 Å². The van der Waals surface area contributed by atoms with Crippen molar-refractivity contribution in [3.05, 3.63) is 30.0 Å². The van der Waals surface area contributed by atoms with Crippen LogP contribution in [0.15, 0.2) is 34.4 Å². The van der Waals surface area contributed by atoms with Crippen molar-refractivity contribution in [2.24, 2.45) is 21.6 Å². The summed E-state index contributed by atoms with van der Waals surface area (Å²) in [5.74, 6) is 1.63. The molecular weight excluding hydrogens is 408 g/mol. The molecule has 0 aliphatic carbocycles. The summed E-state index contributed by atoms with van der Waals surface area (Å²) >= 11 is 1.49. The fourth-order valence-electron chi connectivity index (χ4n) is 4.00. The van der Waals surface area contributed by atoms with Crippen LogP contribution in [0.2, 0.25) is 0 Å². The maximum Gasteiger partial charge on any atom is 0.182 e. The van der Waals surface area contributed by atoms with Gasteiger partial charge in [-0.2, -0.15) is 5.26 Å². The molecule has 31 heavy (non-hydrogen) atoms. The van der Waals surface area contributed by atoms with Crippen LogP contribution in [0.5, 0.6) is 0 Å². The Labute approximate surface area is 189 Å². The Morgan fingerprint density at radius 3 is 2.84 bits per heavy atom. The van der Waals surface area contributed by atoms with Crippen molar-refractivity contribution < 1.29 is 5.11 Å². The molecule has 1 saturated heterocycles. The first-order valence-electron chi connectivity index (χ1n) is 11.0. The number of aliphatic hydroxyl groups excluding tert-OH is 1. The second kappa shape index (κ2) is 12.4. The van der Waals surface area contributed by atoms with Crippen LogP contribution in [-0.2, 0) is 0 Å². The quantitative estimate of drug-likeness (QED) is 0.485. The van der Waals surface area contributed by atoms with Gasteiger partial charge in [-0.15, -0.1) is 0 Å². The minimum Gasteiger partial charge on any atom is -0.395 e. The molecule has 3 heterocycles. The van der Waals surface area contributed by atoms with Crippen LogP contribution >= 0.6 is 11.9 Å². The molecule has 7 nitrogen and oxygen atoms in total. The fourth-order valence-corrected chi connectivity index (χ4v) is 4.49. The zero-order valence-electron chi connectivity index (χ0n) is 18.0. The second-order valence-electron chi connectivity index (χ2n) is 7.90. The second-order valence-corrected chi connectivity index (χ2v) is 8.80. The minimum absolute atomic E-state index is 0.143. The SMILES string of the molecule is N#CC1=N/C=C/c2ccc(NSCCO)cc2N2CCC(CCCCCN=C1N)CC2. The number of piperidine rings is 1. The number of anilines is 2. The average molecular weight is 441 g/mol. The van der Waals surface area contributed by atoms with Gasteiger partial charge in [-0.25, -0.2) is 4.99 Å². The van der Waals surface area contributed by atoms with Crippen molar-refractivity contribution in [3.63, 3.8) is 0 Å². The summed E-state index contributed by atoms with van der Waals surface area (Å²) in [6, 6.07) is 8.29. The van der Waals surface area contributed by atoms with Crippen LogP contribution in [0.3, 0.4) is 0 Å². The van der Waals surface area contributed by atoms with Crippen molar-refractivity contribution in [1.82, 2.24) is 0 Å². The molecule has 2 bridgehead atoms. The number of hydrogen-bond acceptors (Lipinski definition) is 8. The van der Waals surface area contributed by atoms with Gasteiger partial charge >= 0.3 is 0 Å². The van der Waals surface area contributed by atoms with E-state index in [2.05, 4.69) is 37.8 Å². The highest BCUT2D eigenvalue weighted by molar-refractivity contribution is 8.00. The van der Waals surface area contributed by atoms with Gasteiger partial charge in [-0.05, 0) is 49.0 Å². The van der Waals surface area contributed by atoms with Gasteiger partial charge in [0.2, 0.25) is 0 Å². The summed E-state index contributed by atoms with van der Waals surface area (Å²) in [7, 11) is 0. The third kappa shape index (κ3) is 7.01. The zero-order chi connectivity index (χ0) is 21.9. The largest absolute Gasteiger partial charge is 0.395 e. The van der Waals surface area contributed by atoms with Crippen molar-refractivity contribution in [2.75, 3.05) is 41.6 Å². The fraction of sp³-hybridized carbons (Fsp3) is 0.522. The van der Waals surface area contributed by atoms with Crippen LogP contribution in [-0.4, -0.2) is 48.6 Å². The van der Waals surface area contributed by atoms with E-state index in [1.54, 1.807) is 6.20 Å². The molecule has 0 radical (unpaired) electrons. The maximum absolute atomic E-state index is 9.39. The zero-order valence-corrected chi connectivity index (χ0v) is 18.8. The first-order valence-corrected chi connectivity index (χ1v) is 12.0. The number of amidine groups is 1. The van der Waals surface area contributed by atoms with E-state index in [-0.39, 0.29) is 18.2 Å². The van der Waals surface area contributed by atoms with Gasteiger partial charge in [0.15, 0.2) is 11.5 Å². The van der Waals surface area contributed by atoms with Gasteiger partial charge in [-0.1, -0.05) is 37.3 Å². The Morgan fingerprint density at radius 2 is 2.06 bits per heavy atom. The Bertz CT molecular complexity index is 852. The number of rotatable bonds is 4. The van der Waals surface area contributed by atoms with E-state index in [9.17, 15) is 5.26 Å². The van der Waals surface area contributed by atoms with E-state index in [0.717, 1.165) is 48.8 Å². The first-order chi connectivity index (χ1) is 15.2. The number of nitrogens with two attached hydrogens (primary N) is 1.